The highest BCUT2D eigenvalue weighted by molar-refractivity contribution is 5.90. The number of benzene rings is 1. The van der Waals surface area contributed by atoms with Crippen LogP contribution in [0.25, 0.3) is 0 Å². The third kappa shape index (κ3) is 6.08. The van der Waals surface area contributed by atoms with Crippen LogP contribution >= 0.6 is 0 Å². The molecule has 0 aliphatic carbocycles. The fourth-order valence-corrected chi connectivity index (χ4v) is 1.49. The Bertz CT molecular complexity index is 396. The molecule has 1 aromatic rings. The number of urea groups is 1. The fraction of sp³-hybridized carbons (Fsp3) is 0.462. The Labute approximate surface area is 113 Å². The molecule has 1 atom stereocenters. The van der Waals surface area contributed by atoms with Gasteiger partial charge < -0.3 is 25.8 Å². The van der Waals surface area contributed by atoms with Crippen LogP contribution in [0.2, 0.25) is 0 Å². The van der Waals surface area contributed by atoms with Gasteiger partial charge in [-0.3, -0.25) is 0 Å². The number of methoxy groups -OCH3 is 1. The molecule has 1 unspecified atom stereocenters. The standard InChI is InChI=1S/C13H21N3O3/c1-10(17)9-14-7-8-15-13(18)16-11-5-3-4-6-12(11)19-2/h3-6,10,14,17H,7-9H2,1-2H3,(H2,15,16,18). The van der Waals surface area contributed by atoms with Crippen LogP contribution in [-0.4, -0.2) is 44.0 Å². The molecule has 0 aliphatic heterocycles. The monoisotopic (exact) mass is 267 g/mol. The van der Waals surface area contributed by atoms with E-state index in [1.54, 1.807) is 26.2 Å². The van der Waals surface area contributed by atoms with Gasteiger partial charge >= 0.3 is 6.03 Å². The number of carbonyl (C=O) groups is 1. The van der Waals surface area contributed by atoms with Gasteiger partial charge in [0.15, 0.2) is 0 Å². The molecule has 0 aromatic heterocycles. The lowest BCUT2D eigenvalue weighted by Crippen LogP contribution is -2.36. The minimum atomic E-state index is -0.387. The molecule has 0 radical (unpaired) electrons. The highest BCUT2D eigenvalue weighted by Crippen LogP contribution is 2.22. The van der Waals surface area contributed by atoms with Gasteiger partial charge in [0.1, 0.15) is 5.75 Å². The molecule has 1 rings (SSSR count). The van der Waals surface area contributed by atoms with Crippen molar-refractivity contribution in [2.45, 2.75) is 13.0 Å². The molecule has 106 valence electrons. The Balaban J connectivity index is 2.27. The number of ether oxygens (including phenoxy) is 1. The van der Waals surface area contributed by atoms with Crippen LogP contribution in [-0.2, 0) is 0 Å². The minimum absolute atomic E-state index is 0.289. The van der Waals surface area contributed by atoms with Crippen molar-refractivity contribution in [1.29, 1.82) is 0 Å². The lowest BCUT2D eigenvalue weighted by molar-refractivity contribution is 0.191. The summed E-state index contributed by atoms with van der Waals surface area (Å²) in [5.41, 5.74) is 0.624. The molecule has 0 saturated heterocycles. The number of anilines is 1. The Morgan fingerprint density at radius 3 is 2.79 bits per heavy atom. The van der Waals surface area contributed by atoms with Crippen molar-refractivity contribution in [1.82, 2.24) is 10.6 Å². The number of para-hydroxylation sites is 2. The summed E-state index contributed by atoms with van der Waals surface area (Å²) in [6, 6.07) is 6.91. The fourth-order valence-electron chi connectivity index (χ4n) is 1.49. The second-order valence-corrected chi connectivity index (χ2v) is 4.13. The van der Waals surface area contributed by atoms with Crippen LogP contribution in [0.5, 0.6) is 5.75 Å². The van der Waals surface area contributed by atoms with E-state index in [0.29, 0.717) is 31.1 Å². The summed E-state index contributed by atoms with van der Waals surface area (Å²) in [6.45, 7) is 3.29. The molecule has 2 amide bonds. The first-order valence-corrected chi connectivity index (χ1v) is 6.20. The van der Waals surface area contributed by atoms with Crippen LogP contribution < -0.4 is 20.7 Å². The van der Waals surface area contributed by atoms with E-state index in [2.05, 4.69) is 16.0 Å². The highest BCUT2D eigenvalue weighted by Gasteiger charge is 2.05. The highest BCUT2D eigenvalue weighted by atomic mass is 16.5. The van der Waals surface area contributed by atoms with Crippen LogP contribution in [0, 0.1) is 0 Å². The summed E-state index contributed by atoms with van der Waals surface area (Å²) in [5.74, 6) is 0.616. The Kier molecular flexibility index (Phi) is 6.70. The zero-order valence-electron chi connectivity index (χ0n) is 11.3. The lowest BCUT2D eigenvalue weighted by Gasteiger charge is -2.11. The third-order valence-corrected chi connectivity index (χ3v) is 2.38. The average molecular weight is 267 g/mol. The normalized spacial score (nSPS) is 11.7. The van der Waals surface area contributed by atoms with Gasteiger partial charge in [0, 0.05) is 19.6 Å². The van der Waals surface area contributed by atoms with Gasteiger partial charge in [0.05, 0.1) is 18.9 Å². The van der Waals surface area contributed by atoms with Gasteiger partial charge in [0.25, 0.3) is 0 Å². The number of aliphatic hydroxyl groups excluding tert-OH is 1. The number of carbonyl (C=O) groups excluding carboxylic acids is 1. The van der Waals surface area contributed by atoms with E-state index in [1.165, 1.54) is 0 Å². The third-order valence-electron chi connectivity index (χ3n) is 2.38. The van der Waals surface area contributed by atoms with Gasteiger partial charge in [-0.2, -0.15) is 0 Å². The summed E-state index contributed by atoms with van der Waals surface area (Å²) in [4.78, 5) is 11.6. The molecule has 4 N–H and O–H groups in total. The Morgan fingerprint density at radius 1 is 1.37 bits per heavy atom. The largest absolute Gasteiger partial charge is 0.495 e. The average Bonchev–Trinajstić information content (AvgIpc) is 2.38. The van der Waals surface area contributed by atoms with E-state index >= 15 is 0 Å². The van der Waals surface area contributed by atoms with E-state index in [0.717, 1.165) is 0 Å². The number of hydrogen-bond acceptors (Lipinski definition) is 4. The van der Waals surface area contributed by atoms with Crippen LogP contribution in [0.1, 0.15) is 6.92 Å². The first kappa shape index (κ1) is 15.3. The van der Waals surface area contributed by atoms with Crippen LogP contribution in [0.3, 0.4) is 0 Å². The molecule has 19 heavy (non-hydrogen) atoms. The molecule has 6 nitrogen and oxygen atoms in total. The SMILES string of the molecule is COc1ccccc1NC(=O)NCCNCC(C)O. The van der Waals surface area contributed by atoms with E-state index in [4.69, 9.17) is 9.84 Å². The quantitative estimate of drug-likeness (QED) is 0.550. The zero-order valence-corrected chi connectivity index (χ0v) is 11.3. The Morgan fingerprint density at radius 2 is 2.11 bits per heavy atom. The van der Waals surface area contributed by atoms with Crippen LogP contribution in [0.4, 0.5) is 10.5 Å². The van der Waals surface area contributed by atoms with Crippen molar-refractivity contribution in [3.63, 3.8) is 0 Å². The van der Waals surface area contributed by atoms with Crippen molar-refractivity contribution in [3.05, 3.63) is 24.3 Å². The number of amides is 2. The molecule has 1 aromatic carbocycles. The Hall–Kier alpha value is -1.79. The second kappa shape index (κ2) is 8.34. The zero-order chi connectivity index (χ0) is 14.1. The van der Waals surface area contributed by atoms with E-state index < -0.39 is 0 Å². The maximum Gasteiger partial charge on any atom is 0.319 e. The first-order chi connectivity index (χ1) is 9.13. The number of rotatable bonds is 7. The summed E-state index contributed by atoms with van der Waals surface area (Å²) in [6.07, 6.45) is -0.387. The van der Waals surface area contributed by atoms with Crippen molar-refractivity contribution in [2.75, 3.05) is 32.1 Å². The number of nitrogens with one attached hydrogen (secondary N) is 3. The van der Waals surface area contributed by atoms with Crippen LogP contribution in [0.15, 0.2) is 24.3 Å². The minimum Gasteiger partial charge on any atom is -0.495 e. The van der Waals surface area contributed by atoms with Crippen molar-refractivity contribution < 1.29 is 14.6 Å². The lowest BCUT2D eigenvalue weighted by atomic mass is 10.3. The molecular formula is C13H21N3O3. The first-order valence-electron chi connectivity index (χ1n) is 6.20. The second-order valence-electron chi connectivity index (χ2n) is 4.13. The van der Waals surface area contributed by atoms with Gasteiger partial charge in [-0.25, -0.2) is 4.79 Å². The maximum absolute atomic E-state index is 11.6. The summed E-state index contributed by atoms with van der Waals surface area (Å²) < 4.78 is 5.13. The van der Waals surface area contributed by atoms with Crippen molar-refractivity contribution >= 4 is 11.7 Å². The predicted octanol–water partition coefficient (Wildman–Crippen LogP) is 0.787. The van der Waals surface area contributed by atoms with Crippen molar-refractivity contribution in [3.8, 4) is 5.75 Å². The summed E-state index contributed by atoms with van der Waals surface area (Å²) in [7, 11) is 1.55. The van der Waals surface area contributed by atoms with Crippen molar-refractivity contribution in [2.24, 2.45) is 0 Å². The maximum atomic E-state index is 11.6. The van der Waals surface area contributed by atoms with E-state index in [-0.39, 0.29) is 12.1 Å². The summed E-state index contributed by atoms with van der Waals surface area (Å²) in [5, 5.41) is 17.5. The number of hydrogen-bond donors (Lipinski definition) is 4. The molecular weight excluding hydrogens is 246 g/mol. The molecule has 0 aliphatic rings. The van der Waals surface area contributed by atoms with Gasteiger partial charge in [0.2, 0.25) is 0 Å². The topological polar surface area (TPSA) is 82.6 Å². The summed E-state index contributed by atoms with van der Waals surface area (Å²) >= 11 is 0. The molecule has 6 heteroatoms. The predicted molar refractivity (Wildman–Crippen MR) is 74.6 cm³/mol. The molecule has 0 fully saturated rings. The molecule has 0 heterocycles. The van der Waals surface area contributed by atoms with E-state index in [9.17, 15) is 4.79 Å². The smallest absolute Gasteiger partial charge is 0.319 e. The van der Waals surface area contributed by atoms with Gasteiger partial charge in [-0.1, -0.05) is 12.1 Å². The van der Waals surface area contributed by atoms with E-state index in [1.807, 2.05) is 12.1 Å². The van der Waals surface area contributed by atoms with Gasteiger partial charge in [-0.05, 0) is 19.1 Å². The molecule has 0 spiro atoms. The molecule has 0 saturated carbocycles. The van der Waals surface area contributed by atoms with Gasteiger partial charge in [-0.15, -0.1) is 0 Å². The number of aliphatic hydroxyl groups is 1. The molecule has 0 bridgehead atoms.